The van der Waals surface area contributed by atoms with Crippen molar-refractivity contribution in [1.29, 1.82) is 0 Å². The largest absolute Gasteiger partial charge is 0.493 e. The second-order valence-corrected chi connectivity index (χ2v) is 9.36. The third kappa shape index (κ3) is 6.85. The maximum atomic E-state index is 11.4. The van der Waals surface area contributed by atoms with Gasteiger partial charge in [-0.25, -0.2) is 4.79 Å². The summed E-state index contributed by atoms with van der Waals surface area (Å²) in [6.07, 6.45) is 2.85. The van der Waals surface area contributed by atoms with Gasteiger partial charge >= 0.3 is 5.97 Å². The molecular formula is C28H42O3. The molecule has 3 heteroatoms. The van der Waals surface area contributed by atoms with Crippen LogP contribution < -0.4 is 4.74 Å². The number of carboxylic acid groups (broad SMARTS) is 1. The second kappa shape index (κ2) is 11.4. The molecule has 0 aliphatic rings. The summed E-state index contributed by atoms with van der Waals surface area (Å²) in [5, 5.41) is 9.34. The number of aryl methyl sites for hydroxylation is 2. The molecule has 2 aromatic carbocycles. The van der Waals surface area contributed by atoms with E-state index >= 15 is 0 Å². The summed E-state index contributed by atoms with van der Waals surface area (Å²) < 4.78 is 6.11. The van der Waals surface area contributed by atoms with Gasteiger partial charge in [0.25, 0.3) is 0 Å². The van der Waals surface area contributed by atoms with Crippen LogP contribution in [0.3, 0.4) is 0 Å². The van der Waals surface area contributed by atoms with Gasteiger partial charge in [0.1, 0.15) is 5.75 Å². The van der Waals surface area contributed by atoms with Crippen molar-refractivity contribution in [3.63, 3.8) is 0 Å². The number of carbonyl (C=O) groups is 1. The standard InChI is InChI=1S/C26H36O3.C2H6/c1-8-19-17-21(11-13-23(19)29-15-14-25(4,5)6)26(7,9-2)20-10-12-22(24(27)28)18(3)16-20;1-2/h10-13,16-17H,8-9,14-15H2,1-7H3,(H,27,28);1-2H3. The molecule has 1 N–H and O–H groups in total. The molecule has 0 radical (unpaired) electrons. The number of aromatic carboxylic acids is 1. The third-order valence-electron chi connectivity index (χ3n) is 5.99. The van der Waals surface area contributed by atoms with Gasteiger partial charge in [-0.15, -0.1) is 0 Å². The van der Waals surface area contributed by atoms with Gasteiger partial charge < -0.3 is 9.84 Å². The lowest BCUT2D eigenvalue weighted by Gasteiger charge is -2.31. The van der Waals surface area contributed by atoms with Gasteiger partial charge in [-0.3, -0.25) is 0 Å². The van der Waals surface area contributed by atoms with Gasteiger partial charge in [-0.1, -0.05) is 79.7 Å². The van der Waals surface area contributed by atoms with Gasteiger partial charge in [-0.2, -0.15) is 0 Å². The van der Waals surface area contributed by atoms with Crippen LogP contribution in [0.15, 0.2) is 36.4 Å². The first kappa shape index (κ1) is 26.7. The zero-order chi connectivity index (χ0) is 23.8. The first-order chi connectivity index (χ1) is 14.5. The van der Waals surface area contributed by atoms with Gasteiger partial charge in [-0.05, 0) is 66.0 Å². The van der Waals surface area contributed by atoms with Crippen molar-refractivity contribution < 1.29 is 14.6 Å². The van der Waals surface area contributed by atoms with E-state index in [1.165, 1.54) is 11.1 Å². The van der Waals surface area contributed by atoms with Gasteiger partial charge in [0.05, 0.1) is 12.2 Å². The highest BCUT2D eigenvalue weighted by atomic mass is 16.5. The van der Waals surface area contributed by atoms with Crippen LogP contribution in [0.25, 0.3) is 0 Å². The van der Waals surface area contributed by atoms with E-state index in [0.717, 1.165) is 42.7 Å². The van der Waals surface area contributed by atoms with E-state index in [-0.39, 0.29) is 10.8 Å². The van der Waals surface area contributed by atoms with Gasteiger partial charge in [0, 0.05) is 5.41 Å². The summed E-state index contributed by atoms with van der Waals surface area (Å²) >= 11 is 0. The van der Waals surface area contributed by atoms with E-state index in [1.54, 1.807) is 6.07 Å². The van der Waals surface area contributed by atoms with Crippen LogP contribution in [0, 0.1) is 12.3 Å². The maximum absolute atomic E-state index is 11.4. The first-order valence-electron chi connectivity index (χ1n) is 11.6. The molecule has 3 nitrogen and oxygen atoms in total. The molecule has 0 aliphatic heterocycles. The van der Waals surface area contributed by atoms with Crippen molar-refractivity contribution in [3.05, 3.63) is 64.2 Å². The first-order valence-corrected chi connectivity index (χ1v) is 11.6. The van der Waals surface area contributed by atoms with Crippen molar-refractivity contribution >= 4 is 5.97 Å². The van der Waals surface area contributed by atoms with E-state index in [0.29, 0.717) is 5.56 Å². The zero-order valence-corrected chi connectivity index (χ0v) is 21.1. The van der Waals surface area contributed by atoms with Crippen molar-refractivity contribution in [2.24, 2.45) is 5.41 Å². The molecule has 2 rings (SSSR count). The molecule has 1 atom stereocenters. The number of benzene rings is 2. The third-order valence-corrected chi connectivity index (χ3v) is 5.99. The number of hydrogen-bond donors (Lipinski definition) is 1. The monoisotopic (exact) mass is 426 g/mol. The molecule has 0 bridgehead atoms. The molecule has 0 spiro atoms. The van der Waals surface area contributed by atoms with Crippen LogP contribution in [0.4, 0.5) is 0 Å². The molecule has 0 aliphatic carbocycles. The second-order valence-electron chi connectivity index (χ2n) is 9.36. The molecule has 31 heavy (non-hydrogen) atoms. The summed E-state index contributed by atoms with van der Waals surface area (Å²) in [4.78, 5) is 11.4. The summed E-state index contributed by atoms with van der Waals surface area (Å²) in [7, 11) is 0. The highest BCUT2D eigenvalue weighted by molar-refractivity contribution is 5.89. The molecular weight excluding hydrogens is 384 g/mol. The highest BCUT2D eigenvalue weighted by Gasteiger charge is 2.28. The van der Waals surface area contributed by atoms with Crippen LogP contribution in [0.1, 0.15) is 101 Å². The predicted molar refractivity (Wildman–Crippen MR) is 132 cm³/mol. The van der Waals surface area contributed by atoms with E-state index in [4.69, 9.17) is 4.74 Å². The van der Waals surface area contributed by atoms with Crippen LogP contribution in [-0.4, -0.2) is 17.7 Å². The molecule has 0 saturated heterocycles. The van der Waals surface area contributed by atoms with E-state index in [1.807, 2.05) is 32.9 Å². The number of rotatable bonds is 8. The van der Waals surface area contributed by atoms with E-state index in [2.05, 4.69) is 59.7 Å². The molecule has 172 valence electrons. The summed E-state index contributed by atoms with van der Waals surface area (Å²) in [5.74, 6) is 0.0913. The van der Waals surface area contributed by atoms with Crippen LogP contribution in [0.5, 0.6) is 5.75 Å². The predicted octanol–water partition coefficient (Wildman–Crippen LogP) is 7.81. The Kier molecular flexibility index (Phi) is 9.80. The average Bonchev–Trinajstić information content (AvgIpc) is 2.73. The number of hydrogen-bond acceptors (Lipinski definition) is 2. The summed E-state index contributed by atoms with van der Waals surface area (Å²) in [6, 6.07) is 12.2. The fourth-order valence-electron chi connectivity index (χ4n) is 3.63. The molecule has 0 saturated carbocycles. The maximum Gasteiger partial charge on any atom is 0.335 e. The van der Waals surface area contributed by atoms with Crippen LogP contribution in [-0.2, 0) is 11.8 Å². The fraction of sp³-hybridized carbons (Fsp3) is 0.536. The zero-order valence-electron chi connectivity index (χ0n) is 21.1. The lowest BCUT2D eigenvalue weighted by molar-refractivity contribution is 0.0696. The highest BCUT2D eigenvalue weighted by Crippen LogP contribution is 2.38. The number of carboxylic acids is 1. The Balaban J connectivity index is 0.00000233. The molecule has 2 aromatic rings. The van der Waals surface area contributed by atoms with Crippen LogP contribution in [0.2, 0.25) is 0 Å². The Labute approximate surface area is 189 Å². The molecule has 0 aromatic heterocycles. The molecule has 1 unspecified atom stereocenters. The lowest BCUT2D eigenvalue weighted by atomic mass is 9.73. The van der Waals surface area contributed by atoms with E-state index in [9.17, 15) is 9.90 Å². The summed E-state index contributed by atoms with van der Waals surface area (Å²) in [6.45, 7) is 19.8. The van der Waals surface area contributed by atoms with Crippen molar-refractivity contribution in [2.45, 2.75) is 87.0 Å². The Hall–Kier alpha value is -2.29. The molecule has 0 heterocycles. The van der Waals surface area contributed by atoms with Gasteiger partial charge in [0.2, 0.25) is 0 Å². The Bertz CT molecular complexity index is 861. The minimum Gasteiger partial charge on any atom is -0.493 e. The topological polar surface area (TPSA) is 46.5 Å². The van der Waals surface area contributed by atoms with Crippen LogP contribution >= 0.6 is 0 Å². The minimum atomic E-state index is -0.878. The quantitative estimate of drug-likeness (QED) is 0.468. The minimum absolute atomic E-state index is 0.185. The van der Waals surface area contributed by atoms with Crippen molar-refractivity contribution in [1.82, 2.24) is 0 Å². The van der Waals surface area contributed by atoms with E-state index < -0.39 is 5.97 Å². The molecule has 0 fully saturated rings. The van der Waals surface area contributed by atoms with Crippen molar-refractivity contribution in [2.75, 3.05) is 6.61 Å². The molecule has 0 amide bonds. The Morgan fingerprint density at radius 3 is 2.03 bits per heavy atom. The summed E-state index contributed by atoms with van der Waals surface area (Å²) in [5.41, 5.74) is 4.84. The normalized spacial score (nSPS) is 13.1. The Morgan fingerprint density at radius 2 is 1.55 bits per heavy atom. The Morgan fingerprint density at radius 1 is 0.968 bits per heavy atom. The smallest absolute Gasteiger partial charge is 0.335 e. The van der Waals surface area contributed by atoms with Crippen molar-refractivity contribution in [3.8, 4) is 5.75 Å². The average molecular weight is 427 g/mol. The lowest BCUT2D eigenvalue weighted by Crippen LogP contribution is -2.23. The number of ether oxygens (including phenoxy) is 1. The fourth-order valence-corrected chi connectivity index (χ4v) is 3.63. The van der Waals surface area contributed by atoms with Gasteiger partial charge in [0.15, 0.2) is 0 Å². The SMILES string of the molecule is CC.CCc1cc(C(C)(CC)c2ccc(C(=O)O)c(C)c2)ccc1OCCC(C)(C)C.